The molecule has 9 heteroatoms. The Morgan fingerprint density at radius 2 is 1.80 bits per heavy atom. The summed E-state index contributed by atoms with van der Waals surface area (Å²) in [6.45, 7) is 1.78. The molecule has 0 aliphatic carbocycles. The number of rotatable bonds is 3. The van der Waals surface area contributed by atoms with E-state index >= 15 is 0 Å². The van der Waals surface area contributed by atoms with Crippen LogP contribution in [0.5, 0.6) is 0 Å². The van der Waals surface area contributed by atoms with Gasteiger partial charge in [0.15, 0.2) is 0 Å². The van der Waals surface area contributed by atoms with Crippen LogP contribution >= 0.6 is 11.3 Å². The third-order valence-electron chi connectivity index (χ3n) is 4.99. The number of fused-ring (bicyclic) bond motifs is 1. The lowest BCUT2D eigenvalue weighted by Crippen LogP contribution is -2.23. The van der Waals surface area contributed by atoms with E-state index in [1.54, 1.807) is 25.1 Å². The van der Waals surface area contributed by atoms with Gasteiger partial charge in [-0.1, -0.05) is 24.3 Å². The van der Waals surface area contributed by atoms with E-state index in [4.69, 9.17) is 0 Å². The van der Waals surface area contributed by atoms with Gasteiger partial charge in [0.1, 0.15) is 4.90 Å². The Morgan fingerprint density at radius 1 is 1.10 bits per heavy atom. The van der Waals surface area contributed by atoms with Crippen LogP contribution in [0, 0.1) is 6.92 Å². The number of hydrogen-bond donors (Lipinski definition) is 1. The number of alkyl halides is 3. The van der Waals surface area contributed by atoms with Gasteiger partial charge in [-0.15, -0.1) is 11.3 Å². The van der Waals surface area contributed by atoms with Crippen molar-refractivity contribution in [2.24, 2.45) is 0 Å². The fourth-order valence-corrected chi connectivity index (χ4v) is 6.50. The summed E-state index contributed by atoms with van der Waals surface area (Å²) in [6.07, 6.45) is -4.42. The Hall–Kier alpha value is -2.65. The summed E-state index contributed by atoms with van der Waals surface area (Å²) in [5, 5.41) is 4.12. The minimum Gasteiger partial charge on any atom is -0.324 e. The summed E-state index contributed by atoms with van der Waals surface area (Å²) >= 11 is 1.18. The number of nitrogens with one attached hydrogen (secondary N) is 1. The van der Waals surface area contributed by atoms with Gasteiger partial charge in [-0.2, -0.15) is 13.2 Å². The minimum atomic E-state index is -4.45. The smallest absolute Gasteiger partial charge is 0.324 e. The number of benzene rings is 2. The van der Waals surface area contributed by atoms with E-state index in [1.807, 2.05) is 0 Å². The van der Waals surface area contributed by atoms with Crippen molar-refractivity contribution in [3.8, 4) is 0 Å². The maximum absolute atomic E-state index is 13.2. The van der Waals surface area contributed by atoms with E-state index < -0.39 is 27.5 Å². The van der Waals surface area contributed by atoms with Gasteiger partial charge >= 0.3 is 6.18 Å². The number of carbonyl (C=O) groups is 1. The minimum absolute atomic E-state index is 0.00179. The summed E-state index contributed by atoms with van der Waals surface area (Å²) in [5.74, 6) is -0.894. The zero-order chi connectivity index (χ0) is 21.7. The van der Waals surface area contributed by atoms with Crippen molar-refractivity contribution in [1.29, 1.82) is 0 Å². The van der Waals surface area contributed by atoms with Gasteiger partial charge in [0.2, 0.25) is 15.7 Å². The molecule has 2 aromatic carbocycles. The fraction of sp³-hybridized carbons (Fsp3) is 0.190. The summed E-state index contributed by atoms with van der Waals surface area (Å²) in [7, 11) is -3.87. The van der Waals surface area contributed by atoms with Gasteiger partial charge in [0.25, 0.3) is 0 Å². The number of sulfone groups is 1. The second-order valence-corrected chi connectivity index (χ2v) is 9.91. The standard InChI is InChI=1S/C21H16F3NO3S2/c1-12-3-2-4-15(9-12)30(27,28)17-11-29-20-16(10-18(26)25-19(17)20)13-5-7-14(8-6-13)21(22,23)24/h2-9,11,16H,10H2,1H3,(H,25,26)/t16-/m0/s1. The van der Waals surface area contributed by atoms with Crippen molar-refractivity contribution in [1.82, 2.24) is 0 Å². The van der Waals surface area contributed by atoms with E-state index in [2.05, 4.69) is 5.32 Å². The maximum Gasteiger partial charge on any atom is 0.416 e. The SMILES string of the molecule is Cc1cccc(S(=O)(=O)c2csc3c2NC(=O)C[C@H]3c2ccc(C(F)(F)F)cc2)c1. The first-order valence-corrected chi connectivity index (χ1v) is 11.3. The van der Waals surface area contributed by atoms with Gasteiger partial charge in [-0.25, -0.2) is 8.42 Å². The maximum atomic E-state index is 13.2. The molecule has 0 bridgehead atoms. The second kappa shape index (κ2) is 7.24. The van der Waals surface area contributed by atoms with Gasteiger partial charge in [-0.05, 0) is 42.3 Å². The molecule has 1 N–H and O–H groups in total. The molecule has 1 aromatic heterocycles. The third kappa shape index (κ3) is 3.63. The van der Waals surface area contributed by atoms with Crippen molar-refractivity contribution in [2.75, 3.05) is 5.32 Å². The van der Waals surface area contributed by atoms with Crippen LogP contribution in [0.25, 0.3) is 0 Å². The Kier molecular flexibility index (Phi) is 4.98. The molecule has 1 atom stereocenters. The topological polar surface area (TPSA) is 63.2 Å². The average molecular weight is 451 g/mol. The van der Waals surface area contributed by atoms with Gasteiger partial charge in [0, 0.05) is 22.6 Å². The highest BCUT2D eigenvalue weighted by Gasteiger charge is 2.35. The zero-order valence-corrected chi connectivity index (χ0v) is 17.3. The molecule has 4 rings (SSSR count). The first kappa shape index (κ1) is 20.6. The summed E-state index contributed by atoms with van der Waals surface area (Å²) in [5.41, 5.74) is 0.746. The van der Waals surface area contributed by atoms with Crippen LogP contribution in [0.4, 0.5) is 18.9 Å². The molecule has 0 saturated heterocycles. The molecule has 3 aromatic rings. The molecular formula is C21H16F3NO3S2. The van der Waals surface area contributed by atoms with Crippen molar-refractivity contribution < 1.29 is 26.4 Å². The van der Waals surface area contributed by atoms with E-state index in [1.165, 1.54) is 34.9 Å². The van der Waals surface area contributed by atoms with Crippen LogP contribution in [0.15, 0.2) is 63.7 Å². The monoisotopic (exact) mass is 451 g/mol. The van der Waals surface area contributed by atoms with E-state index in [9.17, 15) is 26.4 Å². The van der Waals surface area contributed by atoms with E-state index in [-0.39, 0.29) is 27.8 Å². The van der Waals surface area contributed by atoms with Crippen LogP contribution in [-0.2, 0) is 20.8 Å². The lowest BCUT2D eigenvalue weighted by Gasteiger charge is -2.24. The number of aryl methyl sites for hydroxylation is 1. The van der Waals surface area contributed by atoms with Crippen LogP contribution in [0.2, 0.25) is 0 Å². The molecule has 0 radical (unpaired) electrons. The van der Waals surface area contributed by atoms with E-state index in [0.29, 0.717) is 10.4 Å². The Labute approximate surface area is 175 Å². The van der Waals surface area contributed by atoms with Crippen molar-refractivity contribution in [3.63, 3.8) is 0 Å². The Morgan fingerprint density at radius 3 is 2.43 bits per heavy atom. The third-order valence-corrected chi connectivity index (χ3v) is 8.01. The van der Waals surface area contributed by atoms with Crippen LogP contribution in [0.3, 0.4) is 0 Å². The number of thiophene rings is 1. The van der Waals surface area contributed by atoms with Gasteiger partial charge in [-0.3, -0.25) is 4.79 Å². The molecule has 30 heavy (non-hydrogen) atoms. The molecule has 1 aliphatic heterocycles. The lowest BCUT2D eigenvalue weighted by molar-refractivity contribution is -0.137. The molecule has 0 spiro atoms. The highest BCUT2D eigenvalue weighted by atomic mass is 32.2. The number of hydrogen-bond acceptors (Lipinski definition) is 4. The van der Waals surface area contributed by atoms with E-state index in [0.717, 1.165) is 17.7 Å². The molecule has 2 heterocycles. The molecule has 0 fully saturated rings. The quantitative estimate of drug-likeness (QED) is 0.581. The molecule has 0 saturated carbocycles. The fourth-order valence-electron chi connectivity index (χ4n) is 3.49. The predicted octanol–water partition coefficient (Wildman–Crippen LogP) is 5.38. The van der Waals surface area contributed by atoms with Gasteiger partial charge < -0.3 is 5.32 Å². The normalized spacial score (nSPS) is 16.8. The Bertz CT molecular complexity index is 1230. The average Bonchev–Trinajstić information content (AvgIpc) is 3.11. The number of amides is 1. The van der Waals surface area contributed by atoms with Crippen molar-refractivity contribution in [2.45, 2.75) is 35.2 Å². The lowest BCUT2D eigenvalue weighted by atomic mass is 9.90. The first-order valence-electron chi connectivity index (χ1n) is 8.97. The summed E-state index contributed by atoms with van der Waals surface area (Å²) < 4.78 is 64.9. The Balaban J connectivity index is 1.78. The van der Waals surface area contributed by atoms with Crippen LogP contribution in [-0.4, -0.2) is 14.3 Å². The molecular weight excluding hydrogens is 435 g/mol. The highest BCUT2D eigenvalue weighted by molar-refractivity contribution is 7.91. The van der Waals surface area contributed by atoms with Crippen LogP contribution < -0.4 is 5.32 Å². The summed E-state index contributed by atoms with van der Waals surface area (Å²) in [6, 6.07) is 11.1. The second-order valence-electron chi connectivity index (χ2n) is 7.08. The number of halogens is 3. The van der Waals surface area contributed by atoms with Gasteiger partial charge in [0.05, 0.1) is 16.1 Å². The zero-order valence-electron chi connectivity index (χ0n) is 15.7. The molecule has 0 unspecified atom stereocenters. The van der Waals surface area contributed by atoms with Crippen molar-refractivity contribution in [3.05, 3.63) is 75.5 Å². The number of carbonyl (C=O) groups excluding carboxylic acids is 1. The summed E-state index contributed by atoms with van der Waals surface area (Å²) in [4.78, 5) is 13.1. The molecule has 4 nitrogen and oxygen atoms in total. The molecule has 1 amide bonds. The first-order chi connectivity index (χ1) is 14.1. The number of anilines is 1. The van der Waals surface area contributed by atoms with Crippen LogP contribution in [0.1, 0.15) is 33.9 Å². The predicted molar refractivity (Wildman–Crippen MR) is 107 cm³/mol. The van der Waals surface area contributed by atoms with Crippen molar-refractivity contribution >= 4 is 32.8 Å². The molecule has 156 valence electrons. The highest BCUT2D eigenvalue weighted by Crippen LogP contribution is 2.46. The largest absolute Gasteiger partial charge is 0.416 e. The molecule has 1 aliphatic rings.